The number of hydrogen-bond acceptors (Lipinski definition) is 3. The van der Waals surface area contributed by atoms with E-state index in [2.05, 4.69) is 114 Å². The molecule has 0 unspecified atom stereocenters. The molecule has 0 aliphatic carbocycles. The van der Waals surface area contributed by atoms with E-state index in [9.17, 15) is 0 Å². The summed E-state index contributed by atoms with van der Waals surface area (Å²) >= 11 is 0. The Morgan fingerprint density at radius 3 is 2.03 bits per heavy atom. The fourth-order valence-corrected chi connectivity index (χ4v) is 5.00. The fraction of sp³-hybridized carbons (Fsp3) is 0.103. The maximum atomic E-state index is 4.63. The number of anilines is 3. The Labute approximate surface area is 188 Å². The molecule has 0 fully saturated rings. The lowest BCUT2D eigenvalue weighted by molar-refractivity contribution is 0.632. The smallest absolute Gasteiger partial charge is 0.116 e. The average Bonchev–Trinajstić information content (AvgIpc) is 2.84. The highest BCUT2D eigenvalue weighted by molar-refractivity contribution is 5.99. The van der Waals surface area contributed by atoms with Gasteiger partial charge in [-0.25, -0.2) is 9.97 Å². The minimum atomic E-state index is -0.0784. The van der Waals surface area contributed by atoms with Crippen molar-refractivity contribution in [3.05, 3.63) is 115 Å². The molecule has 0 amide bonds. The summed E-state index contributed by atoms with van der Waals surface area (Å²) in [5.41, 5.74) is 9.33. The van der Waals surface area contributed by atoms with E-state index in [0.29, 0.717) is 0 Å². The summed E-state index contributed by atoms with van der Waals surface area (Å²) in [7, 11) is 0. The van der Waals surface area contributed by atoms with E-state index in [-0.39, 0.29) is 5.41 Å². The van der Waals surface area contributed by atoms with Gasteiger partial charge in [0.25, 0.3) is 0 Å². The van der Waals surface area contributed by atoms with Gasteiger partial charge in [-0.1, -0.05) is 80.6 Å². The van der Waals surface area contributed by atoms with Crippen LogP contribution >= 0.6 is 0 Å². The molecule has 0 atom stereocenters. The molecule has 154 valence electrons. The Balaban J connectivity index is 1.67. The third-order valence-electron chi connectivity index (χ3n) is 6.59. The van der Waals surface area contributed by atoms with E-state index >= 15 is 0 Å². The van der Waals surface area contributed by atoms with Crippen LogP contribution in [0.5, 0.6) is 0 Å². The second-order valence-electron chi connectivity index (χ2n) is 8.81. The van der Waals surface area contributed by atoms with E-state index in [1.165, 1.54) is 22.5 Å². The molecule has 1 aromatic heterocycles. The number of nitrogens with zero attached hydrogens (tertiary/aromatic N) is 3. The molecule has 1 aliphatic heterocycles. The fourth-order valence-electron chi connectivity index (χ4n) is 5.00. The summed E-state index contributed by atoms with van der Waals surface area (Å²) in [5.74, 6) is 0. The second-order valence-corrected chi connectivity index (χ2v) is 8.81. The van der Waals surface area contributed by atoms with Gasteiger partial charge in [-0.15, -0.1) is 0 Å². The standard InChI is InChI=1S/C29H23N3/c1-29(2)24-12-6-8-14-27(24)32(28-15-9-7-13-25(28)29)21-16-22(20-10-4-3-5-11-20)23-18-30-19-31-26(23)17-21/h3-19H,1-2H3. The van der Waals surface area contributed by atoms with Gasteiger partial charge in [-0.3, -0.25) is 0 Å². The highest BCUT2D eigenvalue weighted by Gasteiger charge is 2.36. The van der Waals surface area contributed by atoms with Crippen LogP contribution in [0.3, 0.4) is 0 Å². The molecule has 0 saturated heterocycles. The lowest BCUT2D eigenvalue weighted by atomic mass is 9.73. The van der Waals surface area contributed by atoms with Crippen LogP contribution in [0.25, 0.3) is 22.0 Å². The topological polar surface area (TPSA) is 29.0 Å². The minimum Gasteiger partial charge on any atom is -0.310 e. The van der Waals surface area contributed by atoms with E-state index in [4.69, 9.17) is 0 Å². The lowest BCUT2D eigenvalue weighted by Crippen LogP contribution is -2.30. The second kappa shape index (κ2) is 7.03. The highest BCUT2D eigenvalue weighted by atomic mass is 15.2. The first-order chi connectivity index (χ1) is 15.6. The summed E-state index contributed by atoms with van der Waals surface area (Å²) in [6, 6.07) is 32.4. The molecule has 32 heavy (non-hydrogen) atoms. The van der Waals surface area contributed by atoms with Crippen molar-refractivity contribution in [1.29, 1.82) is 0 Å². The van der Waals surface area contributed by atoms with Crippen molar-refractivity contribution < 1.29 is 0 Å². The van der Waals surface area contributed by atoms with E-state index < -0.39 is 0 Å². The zero-order valence-corrected chi connectivity index (χ0v) is 18.2. The monoisotopic (exact) mass is 413 g/mol. The van der Waals surface area contributed by atoms with Crippen LogP contribution in [0.4, 0.5) is 17.1 Å². The van der Waals surface area contributed by atoms with Gasteiger partial charge in [0, 0.05) is 22.7 Å². The lowest BCUT2D eigenvalue weighted by Gasteiger charge is -2.42. The maximum Gasteiger partial charge on any atom is 0.116 e. The Morgan fingerprint density at radius 2 is 1.34 bits per heavy atom. The van der Waals surface area contributed by atoms with Crippen LogP contribution < -0.4 is 4.90 Å². The molecular formula is C29H23N3. The van der Waals surface area contributed by atoms with Gasteiger partial charge in [-0.05, 0) is 46.5 Å². The van der Waals surface area contributed by atoms with Crippen LogP contribution in [0.2, 0.25) is 0 Å². The van der Waals surface area contributed by atoms with E-state index in [1.807, 2.05) is 12.3 Å². The number of benzene rings is 4. The molecular weight excluding hydrogens is 390 g/mol. The number of rotatable bonds is 2. The average molecular weight is 414 g/mol. The van der Waals surface area contributed by atoms with Crippen LogP contribution in [0.1, 0.15) is 25.0 Å². The van der Waals surface area contributed by atoms with Crippen LogP contribution in [-0.2, 0) is 5.41 Å². The van der Waals surface area contributed by atoms with Crippen LogP contribution in [-0.4, -0.2) is 9.97 Å². The quantitative estimate of drug-likeness (QED) is 0.302. The molecule has 0 saturated carbocycles. The first-order valence-electron chi connectivity index (χ1n) is 10.9. The first kappa shape index (κ1) is 18.8. The van der Waals surface area contributed by atoms with Gasteiger partial charge in [-0.2, -0.15) is 0 Å². The Hall–Kier alpha value is -3.98. The maximum absolute atomic E-state index is 4.63. The van der Waals surface area contributed by atoms with Gasteiger partial charge in [0.05, 0.1) is 16.9 Å². The number of aromatic nitrogens is 2. The highest BCUT2D eigenvalue weighted by Crippen LogP contribution is 2.52. The predicted molar refractivity (Wildman–Crippen MR) is 132 cm³/mol. The van der Waals surface area contributed by atoms with E-state index in [0.717, 1.165) is 27.7 Å². The van der Waals surface area contributed by atoms with Gasteiger partial charge in [0.15, 0.2) is 0 Å². The molecule has 0 spiro atoms. The molecule has 1 aliphatic rings. The van der Waals surface area contributed by atoms with Crippen molar-refractivity contribution in [2.24, 2.45) is 0 Å². The number of hydrogen-bond donors (Lipinski definition) is 0. The molecule has 0 bridgehead atoms. The summed E-state index contributed by atoms with van der Waals surface area (Å²) in [6.07, 6.45) is 3.54. The van der Waals surface area contributed by atoms with Gasteiger partial charge in [0.2, 0.25) is 0 Å². The molecule has 0 N–H and O–H groups in total. The molecule has 2 heterocycles. The molecule has 6 rings (SSSR count). The minimum absolute atomic E-state index is 0.0784. The Morgan fingerprint density at radius 1 is 0.719 bits per heavy atom. The van der Waals surface area contributed by atoms with Crippen LogP contribution in [0.15, 0.2) is 104 Å². The zero-order valence-electron chi connectivity index (χ0n) is 18.2. The first-order valence-corrected chi connectivity index (χ1v) is 10.9. The molecule has 0 radical (unpaired) electrons. The molecule has 4 aromatic carbocycles. The van der Waals surface area contributed by atoms with Gasteiger partial charge < -0.3 is 4.90 Å². The summed E-state index contributed by atoms with van der Waals surface area (Å²) < 4.78 is 0. The summed E-state index contributed by atoms with van der Waals surface area (Å²) in [5, 5.41) is 1.06. The van der Waals surface area contributed by atoms with Crippen molar-refractivity contribution in [2.75, 3.05) is 4.90 Å². The van der Waals surface area contributed by atoms with Crippen molar-refractivity contribution >= 4 is 28.0 Å². The third-order valence-corrected chi connectivity index (χ3v) is 6.59. The Bertz CT molecular complexity index is 1400. The number of fused-ring (bicyclic) bond motifs is 3. The Kier molecular flexibility index (Phi) is 4.12. The van der Waals surface area contributed by atoms with Crippen molar-refractivity contribution in [3.63, 3.8) is 0 Å². The molecule has 3 nitrogen and oxygen atoms in total. The predicted octanol–water partition coefficient (Wildman–Crippen LogP) is 7.41. The summed E-state index contributed by atoms with van der Waals surface area (Å²) in [4.78, 5) is 11.3. The number of para-hydroxylation sites is 2. The molecule has 3 heteroatoms. The summed E-state index contributed by atoms with van der Waals surface area (Å²) in [6.45, 7) is 4.62. The zero-order chi connectivity index (χ0) is 21.7. The largest absolute Gasteiger partial charge is 0.310 e. The van der Waals surface area contributed by atoms with E-state index in [1.54, 1.807) is 6.33 Å². The van der Waals surface area contributed by atoms with Crippen molar-refractivity contribution in [3.8, 4) is 11.1 Å². The molecule has 5 aromatic rings. The van der Waals surface area contributed by atoms with Gasteiger partial charge >= 0.3 is 0 Å². The SMILES string of the molecule is CC1(C)c2ccccc2N(c2cc(-c3ccccc3)c3cncnc3c2)c2ccccc21. The van der Waals surface area contributed by atoms with Crippen molar-refractivity contribution in [1.82, 2.24) is 9.97 Å². The van der Waals surface area contributed by atoms with Crippen LogP contribution in [0, 0.1) is 0 Å². The van der Waals surface area contributed by atoms with Crippen molar-refractivity contribution in [2.45, 2.75) is 19.3 Å². The third kappa shape index (κ3) is 2.75. The van der Waals surface area contributed by atoms with Gasteiger partial charge in [0.1, 0.15) is 6.33 Å². The normalized spacial score (nSPS) is 14.1.